The van der Waals surface area contributed by atoms with Gasteiger partial charge in [-0.1, -0.05) is 30.3 Å². The van der Waals surface area contributed by atoms with Crippen LogP contribution in [0.15, 0.2) is 30.3 Å². The normalized spacial score (nSPS) is 20.1. The van der Waals surface area contributed by atoms with Crippen molar-refractivity contribution in [1.82, 2.24) is 9.80 Å². The van der Waals surface area contributed by atoms with Crippen molar-refractivity contribution >= 4 is 0 Å². The highest BCUT2D eigenvalue weighted by Gasteiger charge is 2.26. The molecule has 0 saturated carbocycles. The van der Waals surface area contributed by atoms with Crippen LogP contribution in [0.4, 0.5) is 0 Å². The van der Waals surface area contributed by atoms with Gasteiger partial charge in [-0.15, -0.1) is 0 Å². The zero-order valence-corrected chi connectivity index (χ0v) is 12.8. The molecule has 0 spiro atoms. The minimum atomic E-state index is 0.275. The van der Waals surface area contributed by atoms with Crippen LogP contribution in [-0.4, -0.2) is 53.2 Å². The number of hydrogen-bond acceptors (Lipinski definition) is 3. The number of β-amino-alcohol motifs (C(OH)–C–C–N with tert-alkyl or cyclic N) is 1. The summed E-state index contributed by atoms with van der Waals surface area (Å²) in [6.45, 7) is 8.90. The third-order valence-electron chi connectivity index (χ3n) is 4.29. The second-order valence-electron chi connectivity index (χ2n) is 6.06. The molecule has 20 heavy (non-hydrogen) atoms. The Kier molecular flexibility index (Phi) is 6.02. The molecule has 2 rings (SSSR count). The maximum Gasteiger partial charge on any atom is 0.0558 e. The standard InChI is InChI=1S/C17H28N2O/c1-15(2)19(13-16-7-4-3-5-8-16)14-17-9-6-10-18(17)11-12-20/h3-5,7-8,15,17,20H,6,9-14H2,1-2H3. The van der Waals surface area contributed by atoms with Gasteiger partial charge in [0.2, 0.25) is 0 Å². The average Bonchev–Trinajstić information content (AvgIpc) is 2.87. The lowest BCUT2D eigenvalue weighted by atomic mass is 10.1. The second kappa shape index (κ2) is 7.77. The molecule has 1 aromatic rings. The van der Waals surface area contributed by atoms with E-state index in [9.17, 15) is 0 Å². The van der Waals surface area contributed by atoms with Crippen LogP contribution >= 0.6 is 0 Å². The Labute approximate surface area is 123 Å². The van der Waals surface area contributed by atoms with Crippen LogP contribution in [0.3, 0.4) is 0 Å². The van der Waals surface area contributed by atoms with Crippen LogP contribution in [-0.2, 0) is 6.54 Å². The zero-order chi connectivity index (χ0) is 14.4. The molecule has 0 radical (unpaired) electrons. The Morgan fingerprint density at radius 1 is 1.30 bits per heavy atom. The van der Waals surface area contributed by atoms with Crippen molar-refractivity contribution in [3.8, 4) is 0 Å². The van der Waals surface area contributed by atoms with Gasteiger partial charge in [-0.05, 0) is 38.8 Å². The van der Waals surface area contributed by atoms with E-state index in [1.54, 1.807) is 0 Å². The monoisotopic (exact) mass is 276 g/mol. The van der Waals surface area contributed by atoms with Crippen LogP contribution in [0.5, 0.6) is 0 Å². The summed E-state index contributed by atoms with van der Waals surface area (Å²) < 4.78 is 0. The summed E-state index contributed by atoms with van der Waals surface area (Å²) in [5, 5.41) is 9.17. The molecule has 0 aliphatic carbocycles. The largest absolute Gasteiger partial charge is 0.395 e. The van der Waals surface area contributed by atoms with Crippen molar-refractivity contribution in [3.05, 3.63) is 35.9 Å². The fourth-order valence-corrected chi connectivity index (χ4v) is 3.07. The van der Waals surface area contributed by atoms with E-state index in [2.05, 4.69) is 54.0 Å². The van der Waals surface area contributed by atoms with Crippen molar-refractivity contribution in [1.29, 1.82) is 0 Å². The van der Waals surface area contributed by atoms with Gasteiger partial charge in [0.1, 0.15) is 0 Å². The quantitative estimate of drug-likeness (QED) is 0.828. The number of likely N-dealkylation sites (tertiary alicyclic amines) is 1. The molecule has 112 valence electrons. The molecule has 1 atom stereocenters. The lowest BCUT2D eigenvalue weighted by Crippen LogP contribution is -2.43. The third kappa shape index (κ3) is 4.30. The summed E-state index contributed by atoms with van der Waals surface area (Å²) in [6.07, 6.45) is 2.53. The first kappa shape index (κ1) is 15.5. The molecular weight excluding hydrogens is 248 g/mol. The molecule has 0 amide bonds. The van der Waals surface area contributed by atoms with E-state index < -0.39 is 0 Å². The van der Waals surface area contributed by atoms with Crippen molar-refractivity contribution in [3.63, 3.8) is 0 Å². The molecular formula is C17H28N2O. The Bertz CT molecular complexity index is 380. The maximum absolute atomic E-state index is 9.17. The van der Waals surface area contributed by atoms with Crippen LogP contribution < -0.4 is 0 Å². The van der Waals surface area contributed by atoms with Crippen LogP contribution in [0.1, 0.15) is 32.3 Å². The number of benzene rings is 1. The van der Waals surface area contributed by atoms with E-state index in [0.717, 1.165) is 26.2 Å². The molecule has 1 aliphatic heterocycles. The van der Waals surface area contributed by atoms with Crippen molar-refractivity contribution < 1.29 is 5.11 Å². The molecule has 3 nitrogen and oxygen atoms in total. The fraction of sp³-hybridized carbons (Fsp3) is 0.647. The Balaban J connectivity index is 1.95. The Morgan fingerprint density at radius 3 is 2.70 bits per heavy atom. The van der Waals surface area contributed by atoms with Gasteiger partial charge in [0.15, 0.2) is 0 Å². The van der Waals surface area contributed by atoms with Gasteiger partial charge < -0.3 is 5.11 Å². The predicted molar refractivity (Wildman–Crippen MR) is 83.7 cm³/mol. The molecule has 1 unspecified atom stereocenters. The van der Waals surface area contributed by atoms with Gasteiger partial charge in [-0.25, -0.2) is 0 Å². The first-order valence-corrected chi connectivity index (χ1v) is 7.83. The molecule has 0 aromatic heterocycles. The highest BCUT2D eigenvalue weighted by Crippen LogP contribution is 2.19. The van der Waals surface area contributed by atoms with E-state index in [1.807, 2.05) is 0 Å². The SMILES string of the molecule is CC(C)N(Cc1ccccc1)CC1CCCN1CCO. The minimum Gasteiger partial charge on any atom is -0.395 e. The second-order valence-corrected chi connectivity index (χ2v) is 6.06. The topological polar surface area (TPSA) is 26.7 Å². The molecule has 1 fully saturated rings. The van der Waals surface area contributed by atoms with Gasteiger partial charge >= 0.3 is 0 Å². The van der Waals surface area contributed by atoms with Crippen molar-refractivity contribution in [2.45, 2.75) is 45.3 Å². The highest BCUT2D eigenvalue weighted by molar-refractivity contribution is 5.14. The Morgan fingerprint density at radius 2 is 2.05 bits per heavy atom. The van der Waals surface area contributed by atoms with Crippen LogP contribution in [0.25, 0.3) is 0 Å². The van der Waals surface area contributed by atoms with E-state index in [0.29, 0.717) is 12.1 Å². The average molecular weight is 276 g/mol. The summed E-state index contributed by atoms with van der Waals surface area (Å²) >= 11 is 0. The maximum atomic E-state index is 9.17. The van der Waals surface area contributed by atoms with E-state index in [4.69, 9.17) is 5.11 Å². The predicted octanol–water partition coefficient (Wildman–Crippen LogP) is 2.35. The van der Waals surface area contributed by atoms with Crippen molar-refractivity contribution in [2.75, 3.05) is 26.2 Å². The molecule has 1 aromatic carbocycles. The summed E-state index contributed by atoms with van der Waals surface area (Å²) in [6, 6.07) is 11.9. The molecule has 1 N–H and O–H groups in total. The molecule has 3 heteroatoms. The van der Waals surface area contributed by atoms with Gasteiger partial charge in [0.05, 0.1) is 6.61 Å². The summed E-state index contributed by atoms with van der Waals surface area (Å²) in [7, 11) is 0. The summed E-state index contributed by atoms with van der Waals surface area (Å²) in [5.41, 5.74) is 1.38. The third-order valence-corrected chi connectivity index (χ3v) is 4.29. The number of aliphatic hydroxyl groups is 1. The van der Waals surface area contributed by atoms with Crippen LogP contribution in [0.2, 0.25) is 0 Å². The summed E-state index contributed by atoms with van der Waals surface area (Å²) in [5.74, 6) is 0. The number of rotatable bonds is 7. The first-order chi connectivity index (χ1) is 9.70. The van der Waals surface area contributed by atoms with E-state index >= 15 is 0 Å². The number of aliphatic hydroxyl groups excluding tert-OH is 1. The zero-order valence-electron chi connectivity index (χ0n) is 12.8. The van der Waals surface area contributed by atoms with Gasteiger partial charge in [-0.2, -0.15) is 0 Å². The van der Waals surface area contributed by atoms with E-state index in [1.165, 1.54) is 18.4 Å². The van der Waals surface area contributed by atoms with E-state index in [-0.39, 0.29) is 6.61 Å². The molecule has 1 saturated heterocycles. The molecule has 1 aliphatic rings. The van der Waals surface area contributed by atoms with Gasteiger partial charge in [0.25, 0.3) is 0 Å². The first-order valence-electron chi connectivity index (χ1n) is 7.83. The lowest BCUT2D eigenvalue weighted by molar-refractivity contribution is 0.124. The highest BCUT2D eigenvalue weighted by atomic mass is 16.3. The van der Waals surface area contributed by atoms with Gasteiger partial charge in [-0.3, -0.25) is 9.80 Å². The number of nitrogens with zero attached hydrogens (tertiary/aromatic N) is 2. The summed E-state index contributed by atoms with van der Waals surface area (Å²) in [4.78, 5) is 5.00. The molecule has 0 bridgehead atoms. The van der Waals surface area contributed by atoms with Gasteiger partial charge in [0, 0.05) is 31.7 Å². The number of hydrogen-bond donors (Lipinski definition) is 1. The smallest absolute Gasteiger partial charge is 0.0558 e. The fourth-order valence-electron chi connectivity index (χ4n) is 3.07. The Hall–Kier alpha value is -0.900. The van der Waals surface area contributed by atoms with Crippen molar-refractivity contribution in [2.24, 2.45) is 0 Å². The van der Waals surface area contributed by atoms with Crippen LogP contribution in [0, 0.1) is 0 Å². The lowest BCUT2D eigenvalue weighted by Gasteiger charge is -2.33. The minimum absolute atomic E-state index is 0.275. The molecule has 1 heterocycles.